The van der Waals surface area contributed by atoms with Gasteiger partial charge in [0.2, 0.25) is 0 Å². The van der Waals surface area contributed by atoms with Crippen molar-refractivity contribution in [1.82, 2.24) is 9.88 Å². The molecule has 2 N–H and O–H groups in total. The maximum atomic E-state index is 12.4. The van der Waals surface area contributed by atoms with Crippen LogP contribution in [0.1, 0.15) is 22.4 Å². The number of hydrogen-bond acceptors (Lipinski definition) is 3. The smallest absolute Gasteiger partial charge is 0.319 e. The lowest BCUT2D eigenvalue weighted by Gasteiger charge is -2.14. The van der Waals surface area contributed by atoms with Crippen LogP contribution < -0.4 is 20.1 Å². The van der Waals surface area contributed by atoms with Gasteiger partial charge in [0.1, 0.15) is 11.5 Å². The first-order valence-electron chi connectivity index (χ1n) is 9.46. The quantitative estimate of drug-likeness (QED) is 0.622. The molecule has 1 aromatic heterocycles. The molecule has 0 aliphatic carbocycles. The average molecular weight is 393 g/mol. The SMILES string of the molecule is COc1cc(NC(=O)NCc2cccn2Cc2cc(C)ccc2C)cc(OC)c1. The van der Waals surface area contributed by atoms with E-state index in [2.05, 4.69) is 47.2 Å². The third-order valence-electron chi connectivity index (χ3n) is 4.81. The monoisotopic (exact) mass is 393 g/mol. The van der Waals surface area contributed by atoms with Gasteiger partial charge in [-0.1, -0.05) is 23.8 Å². The Morgan fingerprint density at radius 1 is 1.00 bits per heavy atom. The second-order valence-electron chi connectivity index (χ2n) is 6.97. The number of aryl methyl sites for hydroxylation is 2. The maximum Gasteiger partial charge on any atom is 0.319 e. The number of carbonyl (C=O) groups is 1. The van der Waals surface area contributed by atoms with Crippen LogP contribution in [0.2, 0.25) is 0 Å². The average Bonchev–Trinajstić information content (AvgIpc) is 3.15. The number of amides is 2. The lowest BCUT2D eigenvalue weighted by Crippen LogP contribution is -2.29. The minimum atomic E-state index is -0.292. The van der Waals surface area contributed by atoms with Crippen LogP contribution >= 0.6 is 0 Å². The largest absolute Gasteiger partial charge is 0.497 e. The van der Waals surface area contributed by atoms with Crippen LogP contribution in [0.5, 0.6) is 11.5 Å². The first-order chi connectivity index (χ1) is 14.0. The van der Waals surface area contributed by atoms with Gasteiger partial charge in [-0.05, 0) is 37.1 Å². The number of ether oxygens (including phenoxy) is 2. The van der Waals surface area contributed by atoms with E-state index in [0.717, 1.165) is 12.2 Å². The van der Waals surface area contributed by atoms with E-state index in [4.69, 9.17) is 9.47 Å². The molecule has 0 saturated carbocycles. The van der Waals surface area contributed by atoms with Crippen molar-refractivity contribution in [1.29, 1.82) is 0 Å². The van der Waals surface area contributed by atoms with Crippen molar-refractivity contribution in [2.45, 2.75) is 26.9 Å². The van der Waals surface area contributed by atoms with E-state index in [1.54, 1.807) is 32.4 Å². The molecule has 3 rings (SSSR count). The Balaban J connectivity index is 1.63. The number of nitrogens with zero attached hydrogens (tertiary/aromatic N) is 1. The number of hydrogen-bond donors (Lipinski definition) is 2. The molecule has 6 heteroatoms. The van der Waals surface area contributed by atoms with E-state index in [0.29, 0.717) is 23.7 Å². The third-order valence-corrected chi connectivity index (χ3v) is 4.81. The number of anilines is 1. The topological polar surface area (TPSA) is 64.5 Å². The number of benzene rings is 2. The van der Waals surface area contributed by atoms with Crippen molar-refractivity contribution >= 4 is 11.7 Å². The minimum Gasteiger partial charge on any atom is -0.497 e. The predicted molar refractivity (Wildman–Crippen MR) is 115 cm³/mol. The molecule has 1 heterocycles. The van der Waals surface area contributed by atoms with Gasteiger partial charge in [0.25, 0.3) is 0 Å². The second-order valence-corrected chi connectivity index (χ2v) is 6.97. The predicted octanol–water partition coefficient (Wildman–Crippen LogP) is 4.49. The fraction of sp³-hybridized carbons (Fsp3) is 0.261. The summed E-state index contributed by atoms with van der Waals surface area (Å²) in [4.78, 5) is 12.4. The van der Waals surface area contributed by atoms with E-state index in [1.165, 1.54) is 16.7 Å². The lowest BCUT2D eigenvalue weighted by molar-refractivity contribution is 0.251. The van der Waals surface area contributed by atoms with Gasteiger partial charge >= 0.3 is 6.03 Å². The number of nitrogens with one attached hydrogen (secondary N) is 2. The third kappa shape index (κ3) is 5.31. The summed E-state index contributed by atoms with van der Waals surface area (Å²) >= 11 is 0. The molecule has 3 aromatic rings. The van der Waals surface area contributed by atoms with Gasteiger partial charge in [-0.15, -0.1) is 0 Å². The van der Waals surface area contributed by atoms with Crippen LogP contribution in [-0.2, 0) is 13.1 Å². The zero-order chi connectivity index (χ0) is 20.8. The van der Waals surface area contributed by atoms with Gasteiger partial charge in [-0.25, -0.2) is 4.79 Å². The molecule has 0 aliphatic rings. The summed E-state index contributed by atoms with van der Waals surface area (Å²) in [6.07, 6.45) is 2.03. The molecule has 6 nitrogen and oxygen atoms in total. The van der Waals surface area contributed by atoms with Crippen molar-refractivity contribution in [3.8, 4) is 11.5 Å². The van der Waals surface area contributed by atoms with Crippen molar-refractivity contribution in [3.63, 3.8) is 0 Å². The summed E-state index contributed by atoms with van der Waals surface area (Å²) in [5.74, 6) is 1.23. The van der Waals surface area contributed by atoms with Crippen molar-refractivity contribution in [3.05, 3.63) is 77.1 Å². The number of rotatable bonds is 7. The van der Waals surface area contributed by atoms with Crippen molar-refractivity contribution in [2.75, 3.05) is 19.5 Å². The standard InChI is InChI=1S/C23H27N3O3/c1-16-7-8-17(2)18(10-16)15-26-9-5-6-20(26)14-24-23(27)25-19-11-21(28-3)13-22(12-19)29-4/h5-13H,14-15H2,1-4H3,(H2,24,25,27). The molecule has 0 radical (unpaired) electrons. The zero-order valence-electron chi connectivity index (χ0n) is 17.3. The van der Waals surface area contributed by atoms with Gasteiger partial charge in [-0.2, -0.15) is 0 Å². The fourth-order valence-electron chi connectivity index (χ4n) is 3.14. The second kappa shape index (κ2) is 9.19. The molecule has 2 aromatic carbocycles. The highest BCUT2D eigenvalue weighted by Crippen LogP contribution is 2.25. The highest BCUT2D eigenvalue weighted by molar-refractivity contribution is 5.89. The number of methoxy groups -OCH3 is 2. The first kappa shape index (κ1) is 20.3. The molecule has 0 saturated heterocycles. The molecule has 0 fully saturated rings. The van der Waals surface area contributed by atoms with Gasteiger partial charge < -0.3 is 24.7 Å². The normalized spacial score (nSPS) is 10.5. The molecule has 2 amide bonds. The summed E-state index contributed by atoms with van der Waals surface area (Å²) in [5, 5.41) is 5.73. The maximum absolute atomic E-state index is 12.4. The molecule has 0 unspecified atom stereocenters. The summed E-state index contributed by atoms with van der Waals surface area (Å²) in [6, 6.07) is 15.4. The van der Waals surface area contributed by atoms with Crippen molar-refractivity contribution < 1.29 is 14.3 Å². The Bertz CT molecular complexity index is 973. The lowest BCUT2D eigenvalue weighted by atomic mass is 10.1. The zero-order valence-corrected chi connectivity index (χ0v) is 17.3. The van der Waals surface area contributed by atoms with E-state index < -0.39 is 0 Å². The van der Waals surface area contributed by atoms with E-state index in [-0.39, 0.29) is 6.03 Å². The highest BCUT2D eigenvalue weighted by atomic mass is 16.5. The Morgan fingerprint density at radius 3 is 2.41 bits per heavy atom. The summed E-state index contributed by atoms with van der Waals surface area (Å²) in [7, 11) is 3.14. The van der Waals surface area contributed by atoms with E-state index in [1.807, 2.05) is 18.3 Å². The van der Waals surface area contributed by atoms with Crippen LogP contribution in [0.25, 0.3) is 0 Å². The van der Waals surface area contributed by atoms with Crippen LogP contribution in [0.3, 0.4) is 0 Å². The van der Waals surface area contributed by atoms with Crippen LogP contribution in [0.4, 0.5) is 10.5 Å². The van der Waals surface area contributed by atoms with Crippen LogP contribution in [0, 0.1) is 13.8 Å². The van der Waals surface area contributed by atoms with E-state index >= 15 is 0 Å². The molecular weight excluding hydrogens is 366 g/mol. The summed E-state index contributed by atoms with van der Waals surface area (Å²) in [6.45, 7) is 5.40. The highest BCUT2D eigenvalue weighted by Gasteiger charge is 2.08. The van der Waals surface area contributed by atoms with Gasteiger partial charge in [0, 0.05) is 42.3 Å². The Kier molecular flexibility index (Phi) is 6.44. The summed E-state index contributed by atoms with van der Waals surface area (Å²) < 4.78 is 12.6. The minimum absolute atomic E-state index is 0.292. The number of aromatic nitrogens is 1. The molecule has 0 atom stereocenters. The molecular formula is C23H27N3O3. The van der Waals surface area contributed by atoms with E-state index in [9.17, 15) is 4.79 Å². The fourth-order valence-corrected chi connectivity index (χ4v) is 3.14. The van der Waals surface area contributed by atoms with Gasteiger partial charge in [0.15, 0.2) is 0 Å². The Labute approximate surface area is 171 Å². The Morgan fingerprint density at radius 2 is 1.72 bits per heavy atom. The Hall–Kier alpha value is -3.41. The molecule has 0 bridgehead atoms. The van der Waals surface area contributed by atoms with Crippen molar-refractivity contribution in [2.24, 2.45) is 0 Å². The molecule has 152 valence electrons. The molecule has 29 heavy (non-hydrogen) atoms. The molecule has 0 spiro atoms. The summed E-state index contributed by atoms with van der Waals surface area (Å²) in [5.41, 5.74) is 5.41. The van der Waals surface area contributed by atoms with Gasteiger partial charge in [-0.3, -0.25) is 0 Å². The van der Waals surface area contributed by atoms with Crippen LogP contribution in [-0.4, -0.2) is 24.8 Å². The number of urea groups is 1. The van der Waals surface area contributed by atoms with Crippen LogP contribution in [0.15, 0.2) is 54.7 Å². The molecule has 0 aliphatic heterocycles. The van der Waals surface area contributed by atoms with Gasteiger partial charge in [0.05, 0.1) is 20.8 Å². The first-order valence-corrected chi connectivity index (χ1v) is 9.46. The number of carbonyl (C=O) groups excluding carboxylic acids is 1.